The number of nitrogens with one attached hydrogen (secondary N) is 1. The molecule has 0 aliphatic carbocycles. The molecule has 1 aromatic rings. The van der Waals surface area contributed by atoms with Crippen molar-refractivity contribution < 1.29 is 32.6 Å². The Kier molecular flexibility index (Phi) is 6.47. The minimum Gasteiger partial charge on any atom is -0.481 e. The van der Waals surface area contributed by atoms with Crippen molar-refractivity contribution in [2.75, 3.05) is 26.2 Å². The average molecular weight is 374 g/mol. The summed E-state index contributed by atoms with van der Waals surface area (Å²) in [7, 11) is 0. The number of benzene rings is 1. The molecule has 0 unspecified atom stereocenters. The highest BCUT2D eigenvalue weighted by Crippen LogP contribution is 2.23. The molecule has 0 saturated carbocycles. The standard InChI is InChI=1S/C17H21F3N2O4/c1-11-8-22(9-14(11)16(24)25)10-15(23)21-7-6-12-2-4-13(5-3-12)26-17(18,19)20/h2-5,11,14H,6-10H2,1H3,(H,21,23)(H,24,25)/t11-,14-/m1/s1. The smallest absolute Gasteiger partial charge is 0.481 e. The summed E-state index contributed by atoms with van der Waals surface area (Å²) in [5.74, 6) is -1.81. The number of amides is 1. The molecule has 1 saturated heterocycles. The third-order valence-electron chi connectivity index (χ3n) is 4.27. The lowest BCUT2D eigenvalue weighted by molar-refractivity contribution is -0.274. The van der Waals surface area contributed by atoms with E-state index in [1.807, 2.05) is 11.8 Å². The van der Waals surface area contributed by atoms with Crippen molar-refractivity contribution in [3.63, 3.8) is 0 Å². The molecule has 0 radical (unpaired) electrons. The van der Waals surface area contributed by atoms with E-state index in [0.717, 1.165) is 5.56 Å². The Morgan fingerprint density at radius 2 is 1.92 bits per heavy atom. The zero-order chi connectivity index (χ0) is 19.3. The van der Waals surface area contributed by atoms with E-state index in [1.54, 1.807) is 0 Å². The molecule has 2 atom stereocenters. The van der Waals surface area contributed by atoms with Gasteiger partial charge in [-0.25, -0.2) is 0 Å². The van der Waals surface area contributed by atoms with Gasteiger partial charge in [-0.3, -0.25) is 14.5 Å². The number of rotatable bonds is 7. The first-order chi connectivity index (χ1) is 12.1. The van der Waals surface area contributed by atoms with Crippen molar-refractivity contribution in [3.8, 4) is 5.75 Å². The largest absolute Gasteiger partial charge is 0.573 e. The quantitative estimate of drug-likeness (QED) is 0.762. The molecule has 1 aliphatic rings. The summed E-state index contributed by atoms with van der Waals surface area (Å²) in [6.07, 6.45) is -4.26. The number of halogens is 3. The number of carbonyl (C=O) groups is 2. The molecule has 0 bridgehead atoms. The van der Waals surface area contributed by atoms with Gasteiger partial charge < -0.3 is 15.2 Å². The molecule has 0 spiro atoms. The van der Waals surface area contributed by atoms with Crippen molar-refractivity contribution in [2.24, 2.45) is 11.8 Å². The van der Waals surface area contributed by atoms with Crippen molar-refractivity contribution >= 4 is 11.9 Å². The first-order valence-corrected chi connectivity index (χ1v) is 8.20. The first kappa shape index (κ1) is 20.0. The second kappa shape index (κ2) is 8.39. The summed E-state index contributed by atoms with van der Waals surface area (Å²) in [6.45, 7) is 3.23. The van der Waals surface area contributed by atoms with Gasteiger partial charge in [-0.05, 0) is 30.0 Å². The van der Waals surface area contributed by atoms with E-state index in [4.69, 9.17) is 5.11 Å². The number of carbonyl (C=O) groups excluding carboxylic acids is 1. The summed E-state index contributed by atoms with van der Waals surface area (Å²) < 4.78 is 40.1. The van der Waals surface area contributed by atoms with E-state index in [2.05, 4.69) is 10.1 Å². The molecular formula is C17H21F3N2O4. The van der Waals surface area contributed by atoms with Crippen molar-refractivity contribution in [1.82, 2.24) is 10.2 Å². The van der Waals surface area contributed by atoms with Gasteiger partial charge in [0.2, 0.25) is 5.91 Å². The number of carboxylic acids is 1. The van der Waals surface area contributed by atoms with Gasteiger partial charge in [0, 0.05) is 19.6 Å². The summed E-state index contributed by atoms with van der Waals surface area (Å²) in [5.41, 5.74) is 0.764. The monoisotopic (exact) mass is 374 g/mol. The molecular weight excluding hydrogens is 353 g/mol. The van der Waals surface area contributed by atoms with E-state index in [9.17, 15) is 22.8 Å². The highest BCUT2D eigenvalue weighted by atomic mass is 19.4. The van der Waals surface area contributed by atoms with Gasteiger partial charge in [0.1, 0.15) is 5.75 Å². The van der Waals surface area contributed by atoms with E-state index in [-0.39, 0.29) is 24.1 Å². The third kappa shape index (κ3) is 6.21. The second-order valence-corrected chi connectivity index (χ2v) is 6.41. The molecule has 1 heterocycles. The molecule has 1 fully saturated rings. The second-order valence-electron chi connectivity index (χ2n) is 6.41. The van der Waals surface area contributed by atoms with Crippen molar-refractivity contribution in [1.29, 1.82) is 0 Å². The number of ether oxygens (including phenoxy) is 1. The zero-order valence-electron chi connectivity index (χ0n) is 14.3. The van der Waals surface area contributed by atoms with Crippen LogP contribution in [0.15, 0.2) is 24.3 Å². The Morgan fingerprint density at radius 1 is 1.27 bits per heavy atom. The highest BCUT2D eigenvalue weighted by molar-refractivity contribution is 5.78. The van der Waals surface area contributed by atoms with Gasteiger partial charge in [0.05, 0.1) is 12.5 Å². The van der Waals surface area contributed by atoms with Crippen molar-refractivity contribution in [3.05, 3.63) is 29.8 Å². The average Bonchev–Trinajstić information content (AvgIpc) is 2.88. The number of aliphatic carboxylic acids is 1. The number of hydrogen-bond donors (Lipinski definition) is 2. The molecule has 2 N–H and O–H groups in total. The van der Waals surface area contributed by atoms with Gasteiger partial charge in [-0.1, -0.05) is 19.1 Å². The molecule has 0 aromatic heterocycles. The molecule has 6 nitrogen and oxygen atoms in total. The van der Waals surface area contributed by atoms with Crippen LogP contribution in [-0.2, 0) is 16.0 Å². The van der Waals surface area contributed by atoms with Gasteiger partial charge in [0.25, 0.3) is 0 Å². The highest BCUT2D eigenvalue weighted by Gasteiger charge is 2.35. The number of likely N-dealkylation sites (tertiary alicyclic amines) is 1. The van der Waals surface area contributed by atoms with Crippen LogP contribution in [0.3, 0.4) is 0 Å². The normalized spacial score (nSPS) is 20.8. The Balaban J connectivity index is 1.71. The minimum atomic E-state index is -4.72. The maximum absolute atomic E-state index is 12.1. The molecule has 9 heteroatoms. The molecule has 1 aliphatic heterocycles. The summed E-state index contributed by atoms with van der Waals surface area (Å²) in [6, 6.07) is 5.46. The summed E-state index contributed by atoms with van der Waals surface area (Å²) in [4.78, 5) is 24.8. The number of alkyl halides is 3. The zero-order valence-corrected chi connectivity index (χ0v) is 14.3. The Hall–Kier alpha value is -2.29. The molecule has 2 rings (SSSR count). The van der Waals surface area contributed by atoms with Crippen LogP contribution in [0.25, 0.3) is 0 Å². The fourth-order valence-corrected chi connectivity index (χ4v) is 2.98. The number of carboxylic acid groups (broad SMARTS) is 1. The van der Waals surface area contributed by atoms with Gasteiger partial charge in [0.15, 0.2) is 0 Å². The van der Waals surface area contributed by atoms with Crippen LogP contribution < -0.4 is 10.1 Å². The maximum Gasteiger partial charge on any atom is 0.573 e. The van der Waals surface area contributed by atoms with E-state index < -0.39 is 18.2 Å². The number of hydrogen-bond acceptors (Lipinski definition) is 4. The van der Waals surface area contributed by atoms with E-state index in [1.165, 1.54) is 24.3 Å². The van der Waals surface area contributed by atoms with Crippen LogP contribution >= 0.6 is 0 Å². The Morgan fingerprint density at radius 3 is 2.46 bits per heavy atom. The molecule has 144 valence electrons. The van der Waals surface area contributed by atoms with Crippen molar-refractivity contribution in [2.45, 2.75) is 19.7 Å². The van der Waals surface area contributed by atoms with Crippen LogP contribution in [-0.4, -0.2) is 54.4 Å². The SMILES string of the molecule is C[C@@H]1CN(CC(=O)NCCc2ccc(OC(F)(F)F)cc2)C[C@H]1C(=O)O. The third-order valence-corrected chi connectivity index (χ3v) is 4.27. The van der Waals surface area contributed by atoms with Crippen LogP contribution in [0.4, 0.5) is 13.2 Å². The lowest BCUT2D eigenvalue weighted by Gasteiger charge is -2.15. The lowest BCUT2D eigenvalue weighted by Crippen LogP contribution is -2.37. The predicted octanol–water partition coefficient (Wildman–Crippen LogP) is 1.90. The Labute approximate surface area is 148 Å². The maximum atomic E-state index is 12.1. The first-order valence-electron chi connectivity index (χ1n) is 8.20. The molecule has 1 aromatic carbocycles. The fraction of sp³-hybridized carbons (Fsp3) is 0.529. The summed E-state index contributed by atoms with van der Waals surface area (Å²) >= 11 is 0. The van der Waals surface area contributed by atoms with Gasteiger partial charge in [-0.15, -0.1) is 13.2 Å². The van der Waals surface area contributed by atoms with E-state index >= 15 is 0 Å². The minimum absolute atomic E-state index is 0.00210. The predicted molar refractivity (Wildman–Crippen MR) is 86.6 cm³/mol. The summed E-state index contributed by atoms with van der Waals surface area (Å²) in [5, 5.41) is 11.8. The number of nitrogens with zero attached hydrogens (tertiary/aromatic N) is 1. The van der Waals surface area contributed by atoms with Gasteiger partial charge >= 0.3 is 12.3 Å². The topological polar surface area (TPSA) is 78.9 Å². The van der Waals surface area contributed by atoms with Crippen LogP contribution in [0, 0.1) is 11.8 Å². The van der Waals surface area contributed by atoms with E-state index in [0.29, 0.717) is 26.1 Å². The van der Waals surface area contributed by atoms with Crippen LogP contribution in [0.1, 0.15) is 12.5 Å². The molecule has 26 heavy (non-hydrogen) atoms. The Bertz CT molecular complexity index is 634. The molecule has 1 amide bonds. The van der Waals surface area contributed by atoms with Crippen LogP contribution in [0.5, 0.6) is 5.75 Å². The van der Waals surface area contributed by atoms with Crippen LogP contribution in [0.2, 0.25) is 0 Å². The van der Waals surface area contributed by atoms with Gasteiger partial charge in [-0.2, -0.15) is 0 Å². The fourth-order valence-electron chi connectivity index (χ4n) is 2.98. The lowest BCUT2D eigenvalue weighted by atomic mass is 9.99.